The van der Waals surface area contributed by atoms with Crippen LogP contribution in [-0.4, -0.2) is 26.9 Å². The van der Waals surface area contributed by atoms with Crippen molar-refractivity contribution in [3.8, 4) is 0 Å². The van der Waals surface area contributed by atoms with Crippen molar-refractivity contribution in [3.05, 3.63) is 60.2 Å². The average Bonchev–Trinajstić information content (AvgIpc) is 2.66. The Labute approximate surface area is 162 Å². The van der Waals surface area contributed by atoms with Gasteiger partial charge in [0.2, 0.25) is 5.91 Å². The van der Waals surface area contributed by atoms with Gasteiger partial charge in [-0.3, -0.25) is 9.10 Å². The molecule has 0 bridgehead atoms. The Morgan fingerprint density at radius 3 is 2.11 bits per heavy atom. The lowest BCUT2D eigenvalue weighted by Gasteiger charge is -2.26. The smallest absolute Gasteiger partial charge is 0.264 e. The molecule has 0 saturated heterocycles. The van der Waals surface area contributed by atoms with Crippen LogP contribution in [0, 0.1) is 5.92 Å². The van der Waals surface area contributed by atoms with Crippen LogP contribution in [-0.2, 0) is 21.2 Å². The number of nitrogens with one attached hydrogen (secondary N) is 1. The van der Waals surface area contributed by atoms with E-state index >= 15 is 0 Å². The fourth-order valence-corrected chi connectivity index (χ4v) is 3.97. The van der Waals surface area contributed by atoms with Crippen LogP contribution in [0.25, 0.3) is 0 Å². The maximum Gasteiger partial charge on any atom is 0.264 e. The Morgan fingerprint density at radius 2 is 1.59 bits per heavy atom. The molecule has 0 radical (unpaired) electrons. The number of rotatable bonds is 8. The van der Waals surface area contributed by atoms with Gasteiger partial charge in [-0.2, -0.15) is 0 Å². The summed E-state index contributed by atoms with van der Waals surface area (Å²) in [7, 11) is -3.85. The van der Waals surface area contributed by atoms with Crippen LogP contribution in [0.4, 0.5) is 5.69 Å². The molecule has 27 heavy (non-hydrogen) atoms. The van der Waals surface area contributed by atoms with Gasteiger partial charge in [0.05, 0.1) is 10.6 Å². The summed E-state index contributed by atoms with van der Waals surface area (Å²) in [5.74, 6) is -0.0627. The number of nitrogens with zero attached hydrogens (tertiary/aromatic N) is 1. The number of benzene rings is 2. The lowest BCUT2D eigenvalue weighted by atomic mass is 10.1. The molecule has 1 amide bonds. The van der Waals surface area contributed by atoms with E-state index in [1.165, 1.54) is 16.4 Å². The first-order valence-corrected chi connectivity index (χ1v) is 10.7. The van der Waals surface area contributed by atoms with Crippen molar-refractivity contribution in [2.24, 2.45) is 5.92 Å². The molecule has 5 nitrogen and oxygen atoms in total. The first-order valence-electron chi connectivity index (χ1n) is 9.21. The minimum atomic E-state index is -3.85. The Hall–Kier alpha value is -2.34. The van der Waals surface area contributed by atoms with E-state index in [1.54, 1.807) is 30.3 Å². The molecule has 2 rings (SSSR count). The van der Waals surface area contributed by atoms with Gasteiger partial charge in [0.1, 0.15) is 6.54 Å². The Bertz CT molecular complexity index is 847. The zero-order chi connectivity index (χ0) is 20.0. The topological polar surface area (TPSA) is 66.5 Å². The van der Waals surface area contributed by atoms with Gasteiger partial charge in [-0.25, -0.2) is 8.42 Å². The second kappa shape index (κ2) is 9.04. The van der Waals surface area contributed by atoms with Crippen LogP contribution >= 0.6 is 0 Å². The molecule has 0 aliphatic carbocycles. The molecule has 0 aromatic heterocycles. The molecule has 0 fully saturated rings. The standard InChI is InChI=1S/C21H28N2O3S/c1-5-18-11-13-19(14-12-18)23(15-21(24)22-17(4)16(2)3)27(25,26)20-9-7-6-8-10-20/h6-14,16-17H,5,15H2,1-4H3,(H,22,24)/t17-/m0/s1. The second-order valence-corrected chi connectivity index (χ2v) is 8.81. The summed E-state index contributed by atoms with van der Waals surface area (Å²) in [6, 6.07) is 15.4. The predicted octanol–water partition coefficient (Wildman–Crippen LogP) is 3.61. The van der Waals surface area contributed by atoms with Crippen LogP contribution in [0.2, 0.25) is 0 Å². The van der Waals surface area contributed by atoms with E-state index in [0.29, 0.717) is 5.69 Å². The van der Waals surface area contributed by atoms with Crippen LogP contribution in [0.3, 0.4) is 0 Å². The van der Waals surface area contributed by atoms with E-state index in [2.05, 4.69) is 5.32 Å². The van der Waals surface area contributed by atoms with Gasteiger partial charge in [0.25, 0.3) is 10.0 Å². The summed E-state index contributed by atoms with van der Waals surface area (Å²) in [6.45, 7) is 7.70. The normalized spacial score (nSPS) is 12.6. The molecule has 2 aromatic carbocycles. The molecule has 0 aliphatic rings. The predicted molar refractivity (Wildman–Crippen MR) is 109 cm³/mol. The number of amides is 1. The third-order valence-electron chi connectivity index (χ3n) is 4.64. The van der Waals surface area contributed by atoms with Gasteiger partial charge < -0.3 is 5.32 Å². The first-order chi connectivity index (χ1) is 12.8. The average molecular weight is 389 g/mol. The minimum Gasteiger partial charge on any atom is -0.352 e. The van der Waals surface area contributed by atoms with E-state index < -0.39 is 10.0 Å². The zero-order valence-electron chi connectivity index (χ0n) is 16.3. The van der Waals surface area contributed by atoms with Crippen molar-refractivity contribution >= 4 is 21.6 Å². The summed E-state index contributed by atoms with van der Waals surface area (Å²) in [6.07, 6.45) is 0.859. The van der Waals surface area contributed by atoms with Crippen molar-refractivity contribution in [2.75, 3.05) is 10.8 Å². The third kappa shape index (κ3) is 5.32. The third-order valence-corrected chi connectivity index (χ3v) is 6.43. The van der Waals surface area contributed by atoms with Crippen LogP contribution in [0.5, 0.6) is 0 Å². The van der Waals surface area contributed by atoms with E-state index in [9.17, 15) is 13.2 Å². The number of sulfonamides is 1. The maximum atomic E-state index is 13.2. The highest BCUT2D eigenvalue weighted by atomic mass is 32.2. The maximum absolute atomic E-state index is 13.2. The molecule has 0 aliphatic heterocycles. The van der Waals surface area contributed by atoms with Crippen molar-refractivity contribution in [1.29, 1.82) is 0 Å². The summed E-state index contributed by atoms with van der Waals surface area (Å²) in [4.78, 5) is 12.7. The zero-order valence-corrected chi connectivity index (χ0v) is 17.2. The highest BCUT2D eigenvalue weighted by Gasteiger charge is 2.27. The highest BCUT2D eigenvalue weighted by molar-refractivity contribution is 7.92. The molecule has 6 heteroatoms. The molecule has 0 saturated carbocycles. The number of anilines is 1. The van der Waals surface area contributed by atoms with Crippen LogP contribution < -0.4 is 9.62 Å². The van der Waals surface area contributed by atoms with Crippen molar-refractivity contribution in [3.63, 3.8) is 0 Å². The molecule has 0 heterocycles. The van der Waals surface area contributed by atoms with E-state index in [1.807, 2.05) is 39.8 Å². The van der Waals surface area contributed by atoms with E-state index in [-0.39, 0.29) is 29.3 Å². The van der Waals surface area contributed by atoms with Gasteiger partial charge in [-0.15, -0.1) is 0 Å². The Kier molecular flexibility index (Phi) is 7.02. The summed E-state index contributed by atoms with van der Waals surface area (Å²) >= 11 is 0. The van der Waals surface area contributed by atoms with Crippen LogP contribution in [0.1, 0.15) is 33.3 Å². The fraction of sp³-hybridized carbons (Fsp3) is 0.381. The molecule has 1 N–H and O–H groups in total. The molecule has 0 spiro atoms. The highest BCUT2D eigenvalue weighted by Crippen LogP contribution is 2.24. The van der Waals surface area contributed by atoms with E-state index in [4.69, 9.17) is 0 Å². The minimum absolute atomic E-state index is 0.0405. The molecule has 1 atom stereocenters. The van der Waals surface area contributed by atoms with Crippen LogP contribution in [0.15, 0.2) is 59.5 Å². The van der Waals surface area contributed by atoms with Gasteiger partial charge in [0, 0.05) is 6.04 Å². The SMILES string of the molecule is CCc1ccc(N(CC(=O)N[C@@H](C)C(C)C)S(=O)(=O)c2ccccc2)cc1. The number of hydrogen-bond acceptors (Lipinski definition) is 3. The van der Waals surface area contributed by atoms with E-state index in [0.717, 1.165) is 12.0 Å². The number of carbonyl (C=O) groups is 1. The quantitative estimate of drug-likeness (QED) is 0.751. The molecular weight excluding hydrogens is 360 g/mol. The Morgan fingerprint density at radius 1 is 1.00 bits per heavy atom. The van der Waals surface area contributed by atoms with Gasteiger partial charge in [-0.1, -0.05) is 51.1 Å². The molecular formula is C21H28N2O3S. The summed E-state index contributed by atoms with van der Waals surface area (Å²) < 4.78 is 27.5. The first kappa shape index (κ1) is 21.0. The van der Waals surface area contributed by atoms with Crippen molar-refractivity contribution in [2.45, 2.75) is 45.1 Å². The van der Waals surface area contributed by atoms with Crippen molar-refractivity contribution in [1.82, 2.24) is 5.32 Å². The lowest BCUT2D eigenvalue weighted by Crippen LogP contribution is -2.45. The Balaban J connectivity index is 2.37. The summed E-state index contributed by atoms with van der Waals surface area (Å²) in [5, 5.41) is 2.88. The van der Waals surface area contributed by atoms with Crippen molar-refractivity contribution < 1.29 is 13.2 Å². The van der Waals surface area contributed by atoms with Gasteiger partial charge >= 0.3 is 0 Å². The van der Waals surface area contributed by atoms with Gasteiger partial charge in [-0.05, 0) is 49.1 Å². The largest absolute Gasteiger partial charge is 0.352 e. The molecule has 0 unspecified atom stereocenters. The molecule has 146 valence electrons. The number of aryl methyl sites for hydroxylation is 1. The lowest BCUT2D eigenvalue weighted by molar-refractivity contribution is -0.120. The number of carbonyl (C=O) groups excluding carboxylic acids is 1. The number of hydrogen-bond donors (Lipinski definition) is 1. The van der Waals surface area contributed by atoms with Gasteiger partial charge in [0.15, 0.2) is 0 Å². The monoisotopic (exact) mass is 388 g/mol. The summed E-state index contributed by atoms with van der Waals surface area (Å²) in [5.41, 5.74) is 1.58. The fourth-order valence-electron chi connectivity index (χ4n) is 2.53. The second-order valence-electron chi connectivity index (χ2n) is 6.94. The molecule has 2 aromatic rings.